The van der Waals surface area contributed by atoms with E-state index in [1.165, 1.54) is 0 Å². The maximum absolute atomic E-state index is 13.6. The molecule has 1 aromatic carbocycles. The molecule has 0 atom stereocenters. The molecule has 2 N–H and O–H groups in total. The molecular weight excluding hydrogens is 326 g/mol. The van der Waals surface area contributed by atoms with Gasteiger partial charge < -0.3 is 15.2 Å². The number of nitrogens with zero attached hydrogens (tertiary/aromatic N) is 2. The lowest BCUT2D eigenvalue weighted by molar-refractivity contribution is 0.368. The minimum Gasteiger partial charge on any atom is -0.359 e. The minimum atomic E-state index is -0.475. The summed E-state index contributed by atoms with van der Waals surface area (Å²) < 4.78 is 32.2. The van der Waals surface area contributed by atoms with Gasteiger partial charge >= 0.3 is 0 Å². The van der Waals surface area contributed by atoms with Crippen molar-refractivity contribution in [1.29, 1.82) is 0 Å². The van der Waals surface area contributed by atoms with Crippen molar-refractivity contribution in [3.8, 4) is 0 Å². The van der Waals surface area contributed by atoms with Gasteiger partial charge in [-0.05, 0) is 31.0 Å². The summed E-state index contributed by atoms with van der Waals surface area (Å²) >= 11 is 0. The first-order valence-electron chi connectivity index (χ1n) is 8.41. The van der Waals surface area contributed by atoms with Crippen LogP contribution < -0.4 is 10.6 Å². The summed E-state index contributed by atoms with van der Waals surface area (Å²) in [5.41, 5.74) is 1.19. The van der Waals surface area contributed by atoms with Gasteiger partial charge in [0.2, 0.25) is 0 Å². The monoisotopic (exact) mass is 350 g/mol. The second kappa shape index (κ2) is 9.15. The Morgan fingerprint density at radius 1 is 1.16 bits per heavy atom. The SMILES string of the molecule is CCC(CC)c1cc(CNC(=NC)NCc2cc(F)ccc2F)on1. The zero-order chi connectivity index (χ0) is 18.2. The van der Waals surface area contributed by atoms with Crippen LogP contribution in [0.15, 0.2) is 33.8 Å². The lowest BCUT2D eigenvalue weighted by Gasteiger charge is -2.11. The lowest BCUT2D eigenvalue weighted by Crippen LogP contribution is -2.36. The van der Waals surface area contributed by atoms with Gasteiger partial charge in [0.1, 0.15) is 11.6 Å². The number of rotatable bonds is 7. The summed E-state index contributed by atoms with van der Waals surface area (Å²) in [7, 11) is 1.60. The average molecular weight is 350 g/mol. The van der Waals surface area contributed by atoms with Crippen LogP contribution in [0.3, 0.4) is 0 Å². The molecule has 5 nitrogen and oxygen atoms in total. The number of aliphatic imine (C=N–C) groups is 1. The van der Waals surface area contributed by atoms with E-state index in [0.717, 1.165) is 36.7 Å². The van der Waals surface area contributed by atoms with Crippen molar-refractivity contribution in [3.05, 3.63) is 52.9 Å². The van der Waals surface area contributed by atoms with E-state index >= 15 is 0 Å². The van der Waals surface area contributed by atoms with E-state index in [1.54, 1.807) is 7.05 Å². The Balaban J connectivity index is 1.89. The number of aromatic nitrogens is 1. The van der Waals surface area contributed by atoms with Crippen LogP contribution in [-0.4, -0.2) is 18.2 Å². The molecule has 0 amide bonds. The van der Waals surface area contributed by atoms with Crippen molar-refractivity contribution >= 4 is 5.96 Å². The van der Waals surface area contributed by atoms with E-state index in [2.05, 4.69) is 34.6 Å². The van der Waals surface area contributed by atoms with Gasteiger partial charge in [-0.25, -0.2) is 8.78 Å². The molecule has 0 spiro atoms. The third kappa shape index (κ3) is 5.27. The lowest BCUT2D eigenvalue weighted by atomic mass is 9.99. The summed E-state index contributed by atoms with van der Waals surface area (Å²) in [6, 6.07) is 5.29. The standard InChI is InChI=1S/C18H24F2N4O/c1-4-12(5-2)17-9-15(25-24-17)11-23-18(21-3)22-10-13-8-14(19)6-7-16(13)20/h6-9,12H,4-5,10-11H2,1-3H3,(H2,21,22,23). The van der Waals surface area contributed by atoms with Crippen LogP contribution in [0.1, 0.15) is 49.6 Å². The fourth-order valence-corrected chi connectivity index (χ4v) is 2.56. The number of benzene rings is 1. The van der Waals surface area contributed by atoms with Crippen LogP contribution >= 0.6 is 0 Å². The van der Waals surface area contributed by atoms with Crippen molar-refractivity contribution in [2.24, 2.45) is 4.99 Å². The highest BCUT2D eigenvalue weighted by atomic mass is 19.1. The highest BCUT2D eigenvalue weighted by Gasteiger charge is 2.13. The molecule has 2 aromatic rings. The van der Waals surface area contributed by atoms with Gasteiger partial charge in [0, 0.05) is 31.1 Å². The molecule has 0 fully saturated rings. The number of nitrogens with one attached hydrogen (secondary N) is 2. The molecular formula is C18H24F2N4O. The Morgan fingerprint density at radius 3 is 2.56 bits per heavy atom. The first-order chi connectivity index (χ1) is 12.1. The third-order valence-electron chi connectivity index (χ3n) is 4.09. The third-order valence-corrected chi connectivity index (χ3v) is 4.09. The molecule has 0 saturated heterocycles. The molecule has 0 aliphatic heterocycles. The molecule has 136 valence electrons. The van der Waals surface area contributed by atoms with Gasteiger partial charge in [0.05, 0.1) is 12.2 Å². The topological polar surface area (TPSA) is 62.5 Å². The highest BCUT2D eigenvalue weighted by Crippen LogP contribution is 2.22. The minimum absolute atomic E-state index is 0.124. The normalized spacial score (nSPS) is 11.8. The van der Waals surface area contributed by atoms with E-state index in [1.807, 2.05) is 6.07 Å². The second-order valence-electron chi connectivity index (χ2n) is 5.75. The number of hydrogen-bond acceptors (Lipinski definition) is 3. The van der Waals surface area contributed by atoms with E-state index in [9.17, 15) is 8.78 Å². The van der Waals surface area contributed by atoms with Crippen LogP contribution in [0.25, 0.3) is 0 Å². The predicted molar refractivity (Wildman–Crippen MR) is 93.2 cm³/mol. The van der Waals surface area contributed by atoms with Crippen molar-refractivity contribution in [1.82, 2.24) is 15.8 Å². The Hall–Kier alpha value is -2.44. The summed E-state index contributed by atoms with van der Waals surface area (Å²) in [6.07, 6.45) is 2.02. The first-order valence-corrected chi connectivity index (χ1v) is 8.41. The van der Waals surface area contributed by atoms with Gasteiger partial charge in [0.25, 0.3) is 0 Å². The molecule has 25 heavy (non-hydrogen) atoms. The first kappa shape index (κ1) is 18.9. The molecule has 0 unspecified atom stereocenters. The molecule has 0 aliphatic rings. The van der Waals surface area contributed by atoms with Crippen LogP contribution in [0.2, 0.25) is 0 Å². The fourth-order valence-electron chi connectivity index (χ4n) is 2.56. The van der Waals surface area contributed by atoms with Gasteiger partial charge in [-0.1, -0.05) is 19.0 Å². The van der Waals surface area contributed by atoms with Crippen LogP contribution in [-0.2, 0) is 13.1 Å². The molecule has 0 aliphatic carbocycles. The zero-order valence-corrected chi connectivity index (χ0v) is 14.8. The predicted octanol–water partition coefficient (Wildman–Crippen LogP) is 3.72. The molecule has 1 heterocycles. The maximum atomic E-state index is 13.6. The Bertz CT molecular complexity index is 711. The van der Waals surface area contributed by atoms with Gasteiger partial charge in [-0.2, -0.15) is 0 Å². The van der Waals surface area contributed by atoms with E-state index in [-0.39, 0.29) is 12.1 Å². The number of hydrogen-bond donors (Lipinski definition) is 2. The molecule has 0 radical (unpaired) electrons. The highest BCUT2D eigenvalue weighted by molar-refractivity contribution is 5.79. The second-order valence-corrected chi connectivity index (χ2v) is 5.75. The van der Waals surface area contributed by atoms with Crippen molar-refractivity contribution < 1.29 is 13.3 Å². The van der Waals surface area contributed by atoms with E-state index in [4.69, 9.17) is 4.52 Å². The van der Waals surface area contributed by atoms with Crippen molar-refractivity contribution in [3.63, 3.8) is 0 Å². The van der Waals surface area contributed by atoms with Crippen molar-refractivity contribution in [2.45, 2.75) is 45.7 Å². The molecule has 7 heteroatoms. The zero-order valence-electron chi connectivity index (χ0n) is 14.8. The van der Waals surface area contributed by atoms with Crippen LogP contribution in [0.4, 0.5) is 8.78 Å². The molecule has 0 bridgehead atoms. The van der Waals surface area contributed by atoms with Gasteiger partial charge in [-0.15, -0.1) is 0 Å². The van der Waals surface area contributed by atoms with Gasteiger partial charge in [-0.3, -0.25) is 4.99 Å². The maximum Gasteiger partial charge on any atom is 0.191 e. The van der Waals surface area contributed by atoms with Crippen molar-refractivity contribution in [2.75, 3.05) is 7.05 Å². The summed E-state index contributed by atoms with van der Waals surface area (Å²) in [5.74, 6) is 0.614. The van der Waals surface area contributed by atoms with E-state index in [0.29, 0.717) is 24.2 Å². The largest absolute Gasteiger partial charge is 0.359 e. The molecule has 0 saturated carbocycles. The molecule has 1 aromatic heterocycles. The van der Waals surface area contributed by atoms with E-state index < -0.39 is 11.6 Å². The fraction of sp³-hybridized carbons (Fsp3) is 0.444. The quantitative estimate of drug-likeness (QED) is 0.590. The van der Waals surface area contributed by atoms with Crippen LogP contribution in [0.5, 0.6) is 0 Å². The summed E-state index contributed by atoms with van der Waals surface area (Å²) in [5, 5.41) is 10.1. The average Bonchev–Trinajstić information content (AvgIpc) is 3.08. The Morgan fingerprint density at radius 2 is 1.88 bits per heavy atom. The number of halogens is 2. The smallest absolute Gasteiger partial charge is 0.191 e. The molecule has 2 rings (SSSR count). The Labute approximate surface area is 146 Å². The summed E-state index contributed by atoms with van der Waals surface area (Å²) in [6.45, 7) is 4.77. The van der Waals surface area contributed by atoms with Gasteiger partial charge in [0.15, 0.2) is 11.7 Å². The Kier molecular flexibility index (Phi) is 6.91. The number of guanidine groups is 1. The summed E-state index contributed by atoms with van der Waals surface area (Å²) in [4.78, 5) is 4.06. The van der Waals surface area contributed by atoms with Crippen LogP contribution in [0, 0.1) is 11.6 Å².